The van der Waals surface area contributed by atoms with Crippen LogP contribution in [0.1, 0.15) is 24.8 Å². The number of benzene rings is 1. The summed E-state index contributed by atoms with van der Waals surface area (Å²) in [6.45, 7) is 0. The zero-order chi connectivity index (χ0) is 13.7. The van der Waals surface area contributed by atoms with Gasteiger partial charge in [0.05, 0.1) is 13.2 Å². The Kier molecular flexibility index (Phi) is 5.52. The Morgan fingerprint density at radius 1 is 1.42 bits per heavy atom. The third-order valence-corrected chi connectivity index (χ3v) is 4.68. The van der Waals surface area contributed by atoms with E-state index in [9.17, 15) is 9.50 Å². The maximum absolute atomic E-state index is 13.6. The second kappa shape index (κ2) is 7.15. The van der Waals surface area contributed by atoms with Gasteiger partial charge < -0.3 is 9.84 Å². The van der Waals surface area contributed by atoms with Crippen molar-refractivity contribution < 1.29 is 14.2 Å². The Morgan fingerprint density at radius 2 is 2.16 bits per heavy atom. The van der Waals surface area contributed by atoms with Gasteiger partial charge >= 0.3 is 0 Å². The number of aliphatic hydroxyl groups is 1. The van der Waals surface area contributed by atoms with Crippen molar-refractivity contribution in [3.8, 4) is 5.75 Å². The van der Waals surface area contributed by atoms with Gasteiger partial charge in [0.2, 0.25) is 0 Å². The first-order chi connectivity index (χ1) is 9.19. The van der Waals surface area contributed by atoms with Gasteiger partial charge in [-0.05, 0) is 60.8 Å². The minimum Gasteiger partial charge on any atom is -0.494 e. The molecule has 1 unspecified atom stereocenters. The summed E-state index contributed by atoms with van der Waals surface area (Å²) in [5.74, 6) is 2.92. The fourth-order valence-electron chi connectivity index (χ4n) is 2.56. The minimum atomic E-state index is -0.374. The lowest BCUT2D eigenvalue weighted by Crippen LogP contribution is -2.19. The monoisotopic (exact) mass is 284 g/mol. The Balaban J connectivity index is 1.87. The van der Waals surface area contributed by atoms with Crippen molar-refractivity contribution in [2.24, 2.45) is 5.92 Å². The van der Waals surface area contributed by atoms with Crippen molar-refractivity contribution in [1.82, 2.24) is 0 Å². The molecule has 1 aromatic rings. The summed E-state index contributed by atoms with van der Waals surface area (Å²) in [6, 6.07) is 4.90. The average molecular weight is 284 g/mol. The van der Waals surface area contributed by atoms with E-state index in [1.165, 1.54) is 37.5 Å². The van der Waals surface area contributed by atoms with E-state index in [1.54, 1.807) is 6.07 Å². The minimum absolute atomic E-state index is 0.252. The average Bonchev–Trinajstić information content (AvgIpc) is 2.40. The van der Waals surface area contributed by atoms with Crippen LogP contribution in [0, 0.1) is 11.7 Å². The Labute approximate surface area is 118 Å². The highest BCUT2D eigenvalue weighted by Crippen LogP contribution is 2.27. The van der Waals surface area contributed by atoms with Crippen LogP contribution in [0.2, 0.25) is 0 Å². The topological polar surface area (TPSA) is 29.5 Å². The molecule has 0 spiro atoms. The van der Waals surface area contributed by atoms with Crippen LogP contribution in [0.15, 0.2) is 18.2 Å². The molecule has 2 rings (SSSR count). The molecule has 1 aliphatic heterocycles. The van der Waals surface area contributed by atoms with Crippen LogP contribution < -0.4 is 4.74 Å². The van der Waals surface area contributed by atoms with E-state index in [-0.39, 0.29) is 17.7 Å². The molecule has 2 nitrogen and oxygen atoms in total. The van der Waals surface area contributed by atoms with E-state index in [4.69, 9.17) is 4.74 Å². The van der Waals surface area contributed by atoms with Crippen molar-refractivity contribution in [2.45, 2.75) is 31.8 Å². The number of halogens is 1. The molecule has 0 aliphatic carbocycles. The first-order valence-corrected chi connectivity index (χ1v) is 7.92. The van der Waals surface area contributed by atoms with Crippen LogP contribution in [0.3, 0.4) is 0 Å². The first kappa shape index (κ1) is 14.7. The molecule has 1 fully saturated rings. The highest BCUT2D eigenvalue weighted by Gasteiger charge is 2.18. The van der Waals surface area contributed by atoms with Gasteiger partial charge in [-0.25, -0.2) is 4.39 Å². The van der Waals surface area contributed by atoms with Crippen LogP contribution in [0.5, 0.6) is 5.75 Å². The Hall–Kier alpha value is -0.740. The van der Waals surface area contributed by atoms with Gasteiger partial charge in [0.15, 0.2) is 11.6 Å². The predicted octanol–water partition coefficient (Wildman–Crippen LogP) is 3.27. The summed E-state index contributed by atoms with van der Waals surface area (Å²) in [6.07, 6.45) is 3.36. The van der Waals surface area contributed by atoms with E-state index < -0.39 is 0 Å². The van der Waals surface area contributed by atoms with Crippen molar-refractivity contribution in [2.75, 3.05) is 18.6 Å². The van der Waals surface area contributed by atoms with Gasteiger partial charge in [0, 0.05) is 0 Å². The normalized spacial score (nSPS) is 18.3. The maximum atomic E-state index is 13.6. The largest absolute Gasteiger partial charge is 0.494 e. The van der Waals surface area contributed by atoms with E-state index >= 15 is 0 Å². The molecule has 4 heteroatoms. The zero-order valence-corrected chi connectivity index (χ0v) is 12.1. The number of rotatable bonds is 5. The molecule has 0 saturated carbocycles. The molecule has 0 amide bonds. The quantitative estimate of drug-likeness (QED) is 0.900. The lowest BCUT2D eigenvalue weighted by atomic mass is 9.93. The Bertz CT molecular complexity index is 405. The summed E-state index contributed by atoms with van der Waals surface area (Å²) >= 11 is 1.99. The van der Waals surface area contributed by atoms with Crippen LogP contribution in [0.25, 0.3) is 0 Å². The fourth-order valence-corrected chi connectivity index (χ4v) is 3.76. The summed E-state index contributed by atoms with van der Waals surface area (Å²) in [7, 11) is 1.45. The molecule has 1 heterocycles. The number of methoxy groups -OCH3 is 1. The second-order valence-corrected chi connectivity index (χ2v) is 6.34. The lowest BCUT2D eigenvalue weighted by Gasteiger charge is -2.23. The third-order valence-electron chi connectivity index (χ3n) is 3.63. The van der Waals surface area contributed by atoms with Gasteiger partial charge in [-0.3, -0.25) is 0 Å². The first-order valence-electron chi connectivity index (χ1n) is 6.77. The molecule has 19 heavy (non-hydrogen) atoms. The predicted molar refractivity (Wildman–Crippen MR) is 77.3 cm³/mol. The number of ether oxygens (including phenoxy) is 1. The molecule has 1 N–H and O–H groups in total. The van der Waals surface area contributed by atoms with Gasteiger partial charge in [-0.2, -0.15) is 11.8 Å². The standard InChI is InChI=1S/C15H21FO2S/c1-18-15-3-2-12(10-14(15)16)9-13(17)8-11-4-6-19-7-5-11/h2-3,10-11,13,17H,4-9H2,1H3. The molecule has 1 aliphatic rings. The van der Waals surface area contributed by atoms with Crippen molar-refractivity contribution in [3.05, 3.63) is 29.6 Å². The summed E-state index contributed by atoms with van der Waals surface area (Å²) in [4.78, 5) is 0. The summed E-state index contributed by atoms with van der Waals surface area (Å²) in [5, 5.41) is 10.1. The number of hydrogen-bond donors (Lipinski definition) is 1. The molecule has 1 saturated heterocycles. The lowest BCUT2D eigenvalue weighted by molar-refractivity contribution is 0.139. The molecular formula is C15H21FO2S. The zero-order valence-electron chi connectivity index (χ0n) is 11.3. The smallest absolute Gasteiger partial charge is 0.165 e. The van der Waals surface area contributed by atoms with E-state index in [0.717, 1.165) is 12.0 Å². The van der Waals surface area contributed by atoms with Crippen molar-refractivity contribution in [3.63, 3.8) is 0 Å². The van der Waals surface area contributed by atoms with Gasteiger partial charge in [0.25, 0.3) is 0 Å². The van der Waals surface area contributed by atoms with Crippen molar-refractivity contribution >= 4 is 11.8 Å². The molecule has 0 radical (unpaired) electrons. The highest BCUT2D eigenvalue weighted by molar-refractivity contribution is 7.99. The van der Waals surface area contributed by atoms with Gasteiger partial charge in [-0.15, -0.1) is 0 Å². The summed E-state index contributed by atoms with van der Waals surface area (Å²) < 4.78 is 18.4. The van der Waals surface area contributed by atoms with Crippen LogP contribution in [0.4, 0.5) is 4.39 Å². The molecule has 1 aromatic carbocycles. The van der Waals surface area contributed by atoms with E-state index in [0.29, 0.717) is 12.3 Å². The Morgan fingerprint density at radius 3 is 2.79 bits per heavy atom. The van der Waals surface area contributed by atoms with Gasteiger partial charge in [-0.1, -0.05) is 6.07 Å². The number of aliphatic hydroxyl groups excluding tert-OH is 1. The van der Waals surface area contributed by atoms with E-state index in [1.807, 2.05) is 17.8 Å². The summed E-state index contributed by atoms with van der Waals surface area (Å²) in [5.41, 5.74) is 0.830. The fraction of sp³-hybridized carbons (Fsp3) is 0.600. The number of hydrogen-bond acceptors (Lipinski definition) is 3. The molecule has 0 bridgehead atoms. The maximum Gasteiger partial charge on any atom is 0.165 e. The highest BCUT2D eigenvalue weighted by atomic mass is 32.2. The second-order valence-electron chi connectivity index (χ2n) is 5.12. The third kappa shape index (κ3) is 4.39. The van der Waals surface area contributed by atoms with Crippen LogP contribution in [-0.2, 0) is 6.42 Å². The van der Waals surface area contributed by atoms with Crippen LogP contribution >= 0.6 is 11.8 Å². The van der Waals surface area contributed by atoms with Gasteiger partial charge in [0.1, 0.15) is 0 Å². The van der Waals surface area contributed by atoms with E-state index in [2.05, 4.69) is 0 Å². The van der Waals surface area contributed by atoms with Crippen LogP contribution in [-0.4, -0.2) is 29.8 Å². The molecule has 0 aromatic heterocycles. The molecular weight excluding hydrogens is 263 g/mol. The molecule has 106 valence electrons. The number of thioether (sulfide) groups is 1. The van der Waals surface area contributed by atoms with Crippen molar-refractivity contribution in [1.29, 1.82) is 0 Å². The SMILES string of the molecule is COc1ccc(CC(O)CC2CCSCC2)cc1F. The molecule has 1 atom stereocenters.